The molecule has 16 heavy (non-hydrogen) atoms. The monoisotopic (exact) mass is 216 g/mol. The molecule has 3 nitrogen and oxygen atoms in total. The molecule has 2 heterocycles. The van der Waals surface area contributed by atoms with Gasteiger partial charge in [0.15, 0.2) is 0 Å². The molecule has 1 fully saturated rings. The van der Waals surface area contributed by atoms with Gasteiger partial charge < -0.3 is 15.0 Å². The SMILES string of the molecule is Cc1c(C2(O)CNC2)c2ccccc2n1C. The van der Waals surface area contributed by atoms with Crippen molar-refractivity contribution in [2.45, 2.75) is 12.5 Å². The molecular formula is C13H16N2O. The Bertz CT molecular complexity index is 552. The number of para-hydroxylation sites is 1. The molecule has 0 amide bonds. The van der Waals surface area contributed by atoms with Gasteiger partial charge in [0.25, 0.3) is 0 Å². The summed E-state index contributed by atoms with van der Waals surface area (Å²) in [7, 11) is 2.05. The first-order valence-electron chi connectivity index (χ1n) is 5.61. The standard InChI is InChI=1S/C13H16N2O/c1-9-12(13(16)7-14-8-13)10-5-3-4-6-11(10)15(9)2/h3-6,14,16H,7-8H2,1-2H3. The van der Waals surface area contributed by atoms with Gasteiger partial charge in [0.1, 0.15) is 5.60 Å². The molecule has 2 N–H and O–H groups in total. The third kappa shape index (κ3) is 1.10. The molecule has 0 atom stereocenters. The first kappa shape index (κ1) is 9.87. The first-order valence-corrected chi connectivity index (χ1v) is 5.61. The molecule has 1 aliphatic heterocycles. The van der Waals surface area contributed by atoms with E-state index in [4.69, 9.17) is 0 Å². The summed E-state index contributed by atoms with van der Waals surface area (Å²) >= 11 is 0. The van der Waals surface area contributed by atoms with E-state index in [0.717, 1.165) is 11.3 Å². The summed E-state index contributed by atoms with van der Waals surface area (Å²) in [6.45, 7) is 3.38. The first-order chi connectivity index (χ1) is 7.63. The molecule has 0 unspecified atom stereocenters. The van der Waals surface area contributed by atoms with Gasteiger partial charge in [-0.2, -0.15) is 0 Å². The van der Waals surface area contributed by atoms with Crippen LogP contribution in [0.1, 0.15) is 11.3 Å². The number of aryl methyl sites for hydroxylation is 1. The third-order valence-electron chi connectivity index (χ3n) is 3.70. The summed E-state index contributed by atoms with van der Waals surface area (Å²) in [6, 6.07) is 8.25. The van der Waals surface area contributed by atoms with Crippen LogP contribution in [-0.4, -0.2) is 22.8 Å². The second-order valence-corrected chi connectivity index (χ2v) is 4.67. The molecule has 1 aromatic heterocycles. The average molecular weight is 216 g/mol. The minimum absolute atomic E-state index is 0.655. The number of aromatic nitrogens is 1. The van der Waals surface area contributed by atoms with Crippen LogP contribution in [0.3, 0.4) is 0 Å². The van der Waals surface area contributed by atoms with E-state index in [9.17, 15) is 5.11 Å². The number of nitrogens with one attached hydrogen (secondary N) is 1. The number of aliphatic hydroxyl groups is 1. The highest BCUT2D eigenvalue weighted by Crippen LogP contribution is 2.35. The van der Waals surface area contributed by atoms with Gasteiger partial charge in [-0.15, -0.1) is 0 Å². The summed E-state index contributed by atoms with van der Waals surface area (Å²) < 4.78 is 2.15. The van der Waals surface area contributed by atoms with Gasteiger partial charge in [0.2, 0.25) is 0 Å². The van der Waals surface area contributed by atoms with Crippen molar-refractivity contribution in [2.75, 3.05) is 13.1 Å². The van der Waals surface area contributed by atoms with Gasteiger partial charge in [0.05, 0.1) is 0 Å². The highest BCUT2D eigenvalue weighted by atomic mass is 16.3. The molecule has 0 bridgehead atoms. The zero-order chi connectivity index (χ0) is 11.3. The minimum Gasteiger partial charge on any atom is -0.382 e. The highest BCUT2D eigenvalue weighted by molar-refractivity contribution is 5.86. The van der Waals surface area contributed by atoms with Crippen LogP contribution in [0, 0.1) is 6.92 Å². The summed E-state index contributed by atoms with van der Waals surface area (Å²) in [5, 5.41) is 14.8. The quantitative estimate of drug-likeness (QED) is 0.753. The minimum atomic E-state index is -0.676. The van der Waals surface area contributed by atoms with E-state index in [0.29, 0.717) is 13.1 Å². The lowest BCUT2D eigenvalue weighted by Crippen LogP contribution is -2.57. The molecule has 1 aromatic carbocycles. The zero-order valence-electron chi connectivity index (χ0n) is 9.62. The average Bonchev–Trinajstić information content (AvgIpc) is 2.50. The molecule has 1 saturated heterocycles. The van der Waals surface area contributed by atoms with Gasteiger partial charge >= 0.3 is 0 Å². The van der Waals surface area contributed by atoms with Crippen LogP contribution in [-0.2, 0) is 12.6 Å². The van der Waals surface area contributed by atoms with Gasteiger partial charge in [-0.25, -0.2) is 0 Å². The Kier molecular flexibility index (Phi) is 1.91. The summed E-state index contributed by atoms with van der Waals surface area (Å²) in [4.78, 5) is 0. The van der Waals surface area contributed by atoms with Crippen LogP contribution in [0.2, 0.25) is 0 Å². The number of rotatable bonds is 1. The molecular weight excluding hydrogens is 200 g/mol. The fourth-order valence-corrected chi connectivity index (χ4v) is 2.65. The van der Waals surface area contributed by atoms with E-state index in [1.54, 1.807) is 0 Å². The van der Waals surface area contributed by atoms with Gasteiger partial charge in [-0.3, -0.25) is 0 Å². The molecule has 0 saturated carbocycles. The maximum Gasteiger partial charge on any atom is 0.117 e. The van der Waals surface area contributed by atoms with Crippen LogP contribution >= 0.6 is 0 Å². The van der Waals surface area contributed by atoms with Gasteiger partial charge in [-0.05, 0) is 13.0 Å². The molecule has 3 heteroatoms. The number of β-amino-alcohol motifs (C(OH)–C–C–N with tert-alkyl or cyclic N) is 1. The normalized spacial score (nSPS) is 18.7. The Morgan fingerprint density at radius 2 is 2.00 bits per heavy atom. The summed E-state index contributed by atoms with van der Waals surface area (Å²) in [6.07, 6.45) is 0. The number of fused-ring (bicyclic) bond motifs is 1. The van der Waals surface area contributed by atoms with Crippen molar-refractivity contribution in [3.05, 3.63) is 35.5 Å². The van der Waals surface area contributed by atoms with Crippen LogP contribution < -0.4 is 5.32 Å². The highest BCUT2D eigenvalue weighted by Gasteiger charge is 2.39. The lowest BCUT2D eigenvalue weighted by atomic mass is 9.86. The molecule has 0 radical (unpaired) electrons. The molecule has 0 aliphatic carbocycles. The van der Waals surface area contributed by atoms with Gasteiger partial charge in [-0.1, -0.05) is 18.2 Å². The maximum absolute atomic E-state index is 10.5. The smallest absolute Gasteiger partial charge is 0.117 e. The van der Waals surface area contributed by atoms with E-state index >= 15 is 0 Å². The number of nitrogens with zero attached hydrogens (tertiary/aromatic N) is 1. The fraction of sp³-hybridized carbons (Fsp3) is 0.385. The summed E-state index contributed by atoms with van der Waals surface area (Å²) in [5.74, 6) is 0. The van der Waals surface area contributed by atoms with E-state index < -0.39 is 5.60 Å². The number of benzene rings is 1. The van der Waals surface area contributed by atoms with Crippen molar-refractivity contribution < 1.29 is 5.11 Å². The predicted molar refractivity (Wildman–Crippen MR) is 64.4 cm³/mol. The molecule has 2 aromatic rings. The second-order valence-electron chi connectivity index (χ2n) is 4.67. The van der Waals surface area contributed by atoms with Crippen molar-refractivity contribution in [1.29, 1.82) is 0 Å². The largest absolute Gasteiger partial charge is 0.382 e. The van der Waals surface area contributed by atoms with Crippen molar-refractivity contribution in [1.82, 2.24) is 9.88 Å². The van der Waals surface area contributed by atoms with Crippen molar-refractivity contribution in [3.8, 4) is 0 Å². The van der Waals surface area contributed by atoms with Crippen LogP contribution in [0.4, 0.5) is 0 Å². The molecule has 84 valence electrons. The predicted octanol–water partition coefficient (Wildman–Crippen LogP) is 1.28. The Balaban J connectivity index is 2.35. The Morgan fingerprint density at radius 1 is 1.31 bits per heavy atom. The van der Waals surface area contributed by atoms with Crippen LogP contribution in [0.15, 0.2) is 24.3 Å². The topological polar surface area (TPSA) is 37.2 Å². The van der Waals surface area contributed by atoms with Crippen molar-refractivity contribution >= 4 is 10.9 Å². The zero-order valence-corrected chi connectivity index (χ0v) is 9.62. The maximum atomic E-state index is 10.5. The Hall–Kier alpha value is -1.32. The van der Waals surface area contributed by atoms with Crippen molar-refractivity contribution in [3.63, 3.8) is 0 Å². The van der Waals surface area contributed by atoms with E-state index in [2.05, 4.69) is 36.0 Å². The Morgan fingerprint density at radius 3 is 2.62 bits per heavy atom. The number of hydrogen-bond acceptors (Lipinski definition) is 2. The number of hydrogen-bond donors (Lipinski definition) is 2. The second kappa shape index (κ2) is 3.09. The Labute approximate surface area is 94.7 Å². The van der Waals surface area contributed by atoms with Gasteiger partial charge in [0, 0.05) is 42.3 Å². The third-order valence-corrected chi connectivity index (χ3v) is 3.70. The van der Waals surface area contributed by atoms with Crippen LogP contribution in [0.25, 0.3) is 10.9 Å². The summed E-state index contributed by atoms with van der Waals surface area (Å²) in [5.41, 5.74) is 2.76. The van der Waals surface area contributed by atoms with E-state index in [-0.39, 0.29) is 0 Å². The van der Waals surface area contributed by atoms with Crippen molar-refractivity contribution in [2.24, 2.45) is 7.05 Å². The fourth-order valence-electron chi connectivity index (χ4n) is 2.65. The molecule has 0 spiro atoms. The van der Waals surface area contributed by atoms with Crippen LogP contribution in [0.5, 0.6) is 0 Å². The van der Waals surface area contributed by atoms with E-state index in [1.165, 1.54) is 10.9 Å². The molecule has 3 rings (SSSR count). The lowest BCUT2D eigenvalue weighted by molar-refractivity contribution is -0.0139. The lowest BCUT2D eigenvalue weighted by Gasteiger charge is -2.38. The van der Waals surface area contributed by atoms with E-state index in [1.807, 2.05) is 12.1 Å². The molecule has 1 aliphatic rings.